The molecule has 0 fully saturated rings. The standard InChI is InChI=1S/C15H24N4S/c1-5-14-18-9-12(20-14)8-17-13(15(2,3)4)10-19-7-6-16-11-19/h6-7,9,11,13,17H,5,8,10H2,1-4H3. The third kappa shape index (κ3) is 4.15. The molecule has 0 aliphatic heterocycles. The van der Waals surface area contributed by atoms with E-state index in [0.717, 1.165) is 19.5 Å². The van der Waals surface area contributed by atoms with Crippen molar-refractivity contribution >= 4 is 11.3 Å². The maximum Gasteiger partial charge on any atom is 0.0946 e. The van der Waals surface area contributed by atoms with Crippen LogP contribution in [-0.4, -0.2) is 20.6 Å². The lowest BCUT2D eigenvalue weighted by Gasteiger charge is -2.31. The second-order valence-corrected chi connectivity index (χ2v) is 7.33. The van der Waals surface area contributed by atoms with Crippen molar-refractivity contribution in [3.63, 3.8) is 0 Å². The summed E-state index contributed by atoms with van der Waals surface area (Å²) in [5.41, 5.74) is 0.197. The van der Waals surface area contributed by atoms with Gasteiger partial charge in [-0.15, -0.1) is 11.3 Å². The van der Waals surface area contributed by atoms with Crippen molar-refractivity contribution in [1.82, 2.24) is 19.9 Å². The highest BCUT2D eigenvalue weighted by Crippen LogP contribution is 2.22. The lowest BCUT2D eigenvalue weighted by Crippen LogP contribution is -2.42. The molecule has 2 heterocycles. The maximum absolute atomic E-state index is 4.41. The van der Waals surface area contributed by atoms with E-state index in [1.54, 1.807) is 11.3 Å². The van der Waals surface area contributed by atoms with Crippen molar-refractivity contribution in [1.29, 1.82) is 0 Å². The van der Waals surface area contributed by atoms with Gasteiger partial charge in [0, 0.05) is 42.6 Å². The van der Waals surface area contributed by atoms with Crippen LogP contribution in [0.3, 0.4) is 0 Å². The molecule has 0 bridgehead atoms. The molecule has 110 valence electrons. The number of aromatic nitrogens is 3. The fourth-order valence-corrected chi connectivity index (χ4v) is 2.88. The fraction of sp³-hybridized carbons (Fsp3) is 0.600. The first kappa shape index (κ1) is 15.2. The minimum absolute atomic E-state index is 0.197. The molecule has 0 saturated carbocycles. The van der Waals surface area contributed by atoms with E-state index in [9.17, 15) is 0 Å². The number of imidazole rings is 1. The highest BCUT2D eigenvalue weighted by molar-refractivity contribution is 7.11. The quantitative estimate of drug-likeness (QED) is 0.889. The van der Waals surface area contributed by atoms with Crippen molar-refractivity contribution in [2.24, 2.45) is 5.41 Å². The molecule has 0 radical (unpaired) electrons. The van der Waals surface area contributed by atoms with Gasteiger partial charge in [0.25, 0.3) is 0 Å². The van der Waals surface area contributed by atoms with Crippen molar-refractivity contribution in [3.8, 4) is 0 Å². The van der Waals surface area contributed by atoms with Gasteiger partial charge in [-0.05, 0) is 11.8 Å². The van der Waals surface area contributed by atoms with Crippen LogP contribution in [0.2, 0.25) is 0 Å². The van der Waals surface area contributed by atoms with E-state index in [1.807, 2.05) is 24.9 Å². The summed E-state index contributed by atoms with van der Waals surface area (Å²) < 4.78 is 2.13. The highest BCUT2D eigenvalue weighted by atomic mass is 32.1. The molecule has 1 unspecified atom stereocenters. The maximum atomic E-state index is 4.41. The zero-order valence-corrected chi connectivity index (χ0v) is 13.6. The van der Waals surface area contributed by atoms with Crippen molar-refractivity contribution < 1.29 is 0 Å². The third-order valence-corrected chi connectivity index (χ3v) is 4.57. The smallest absolute Gasteiger partial charge is 0.0946 e. The molecule has 0 aromatic carbocycles. The molecule has 2 rings (SSSR count). The summed E-state index contributed by atoms with van der Waals surface area (Å²) in [6, 6.07) is 0.392. The molecule has 1 N–H and O–H groups in total. The lowest BCUT2D eigenvalue weighted by atomic mass is 9.86. The number of nitrogens with zero attached hydrogens (tertiary/aromatic N) is 3. The van der Waals surface area contributed by atoms with E-state index in [-0.39, 0.29) is 5.41 Å². The predicted octanol–water partition coefficient (Wildman–Crippen LogP) is 3.11. The molecular formula is C15H24N4S. The lowest BCUT2D eigenvalue weighted by molar-refractivity contribution is 0.240. The zero-order valence-electron chi connectivity index (χ0n) is 12.8. The molecule has 0 spiro atoms. The van der Waals surface area contributed by atoms with Gasteiger partial charge in [-0.25, -0.2) is 9.97 Å². The summed E-state index contributed by atoms with van der Waals surface area (Å²) in [4.78, 5) is 9.84. The monoisotopic (exact) mass is 292 g/mol. The van der Waals surface area contributed by atoms with Crippen LogP contribution >= 0.6 is 11.3 Å². The Morgan fingerprint density at radius 3 is 2.75 bits per heavy atom. The first-order chi connectivity index (χ1) is 9.49. The largest absolute Gasteiger partial charge is 0.336 e. The fourth-order valence-electron chi connectivity index (χ4n) is 2.07. The molecule has 2 aromatic rings. The Hall–Kier alpha value is -1.20. The van der Waals surface area contributed by atoms with Crippen LogP contribution in [0.5, 0.6) is 0 Å². The van der Waals surface area contributed by atoms with E-state index in [0.29, 0.717) is 6.04 Å². The Morgan fingerprint density at radius 2 is 2.20 bits per heavy atom. The topological polar surface area (TPSA) is 42.7 Å². The normalized spacial score (nSPS) is 13.6. The van der Waals surface area contributed by atoms with Crippen LogP contribution in [0, 0.1) is 5.41 Å². The van der Waals surface area contributed by atoms with E-state index < -0.39 is 0 Å². The molecule has 0 aliphatic carbocycles. The second kappa shape index (κ2) is 6.50. The summed E-state index contributed by atoms with van der Waals surface area (Å²) in [5, 5.41) is 4.89. The number of hydrogen-bond donors (Lipinski definition) is 1. The zero-order chi connectivity index (χ0) is 14.6. The Morgan fingerprint density at radius 1 is 1.40 bits per heavy atom. The van der Waals surface area contributed by atoms with Crippen molar-refractivity contribution in [2.75, 3.05) is 0 Å². The summed E-state index contributed by atoms with van der Waals surface area (Å²) in [6.07, 6.45) is 8.73. The molecule has 0 saturated heterocycles. The average molecular weight is 292 g/mol. The van der Waals surface area contributed by atoms with Crippen molar-refractivity contribution in [3.05, 3.63) is 34.8 Å². The van der Waals surface area contributed by atoms with Gasteiger partial charge in [0.15, 0.2) is 0 Å². The van der Waals surface area contributed by atoms with Gasteiger partial charge in [0.2, 0.25) is 0 Å². The SMILES string of the molecule is CCc1ncc(CNC(Cn2ccnc2)C(C)(C)C)s1. The van der Waals surface area contributed by atoms with Crippen LogP contribution < -0.4 is 5.32 Å². The Kier molecular flexibility index (Phi) is 4.94. The molecule has 2 aromatic heterocycles. The van der Waals surface area contributed by atoms with Gasteiger partial charge in [-0.3, -0.25) is 0 Å². The molecule has 5 heteroatoms. The summed E-state index contributed by atoms with van der Waals surface area (Å²) in [5.74, 6) is 0. The molecule has 0 amide bonds. The molecule has 0 aliphatic rings. The number of hydrogen-bond acceptors (Lipinski definition) is 4. The number of thiazole rings is 1. The van der Waals surface area contributed by atoms with Crippen LogP contribution in [0.25, 0.3) is 0 Å². The average Bonchev–Trinajstić information content (AvgIpc) is 3.04. The number of aryl methyl sites for hydroxylation is 1. The van der Waals surface area contributed by atoms with Gasteiger partial charge >= 0.3 is 0 Å². The minimum Gasteiger partial charge on any atom is -0.336 e. The van der Waals surface area contributed by atoms with Gasteiger partial charge in [-0.2, -0.15) is 0 Å². The molecular weight excluding hydrogens is 268 g/mol. The highest BCUT2D eigenvalue weighted by Gasteiger charge is 2.24. The predicted molar refractivity (Wildman–Crippen MR) is 83.8 cm³/mol. The Labute approximate surface area is 125 Å². The summed E-state index contributed by atoms with van der Waals surface area (Å²) in [6.45, 7) is 10.8. The number of rotatable bonds is 6. The van der Waals surface area contributed by atoms with Crippen LogP contribution in [0.15, 0.2) is 24.9 Å². The van der Waals surface area contributed by atoms with Crippen molar-refractivity contribution in [2.45, 2.75) is 53.2 Å². The van der Waals surface area contributed by atoms with Gasteiger partial charge in [0.05, 0.1) is 11.3 Å². The van der Waals surface area contributed by atoms with Crippen LogP contribution in [-0.2, 0) is 19.5 Å². The molecule has 20 heavy (non-hydrogen) atoms. The summed E-state index contributed by atoms with van der Waals surface area (Å²) >= 11 is 1.80. The number of nitrogens with one attached hydrogen (secondary N) is 1. The Balaban J connectivity index is 1.97. The first-order valence-electron chi connectivity index (χ1n) is 7.11. The van der Waals surface area contributed by atoms with Gasteiger partial charge in [-0.1, -0.05) is 27.7 Å². The summed E-state index contributed by atoms with van der Waals surface area (Å²) in [7, 11) is 0. The van der Waals surface area contributed by atoms with Gasteiger partial charge in [0.1, 0.15) is 0 Å². The van der Waals surface area contributed by atoms with E-state index in [1.165, 1.54) is 9.88 Å². The minimum atomic E-state index is 0.197. The second-order valence-electron chi connectivity index (χ2n) is 6.13. The van der Waals surface area contributed by atoms with Gasteiger partial charge < -0.3 is 9.88 Å². The van der Waals surface area contributed by atoms with E-state index >= 15 is 0 Å². The van der Waals surface area contributed by atoms with Crippen LogP contribution in [0.4, 0.5) is 0 Å². The molecule has 4 nitrogen and oxygen atoms in total. The molecule has 1 atom stereocenters. The van der Waals surface area contributed by atoms with E-state index in [2.05, 4.69) is 47.5 Å². The third-order valence-electron chi connectivity index (χ3n) is 3.42. The Bertz CT molecular complexity index is 510. The first-order valence-corrected chi connectivity index (χ1v) is 7.93. The van der Waals surface area contributed by atoms with E-state index in [4.69, 9.17) is 0 Å². The van der Waals surface area contributed by atoms with Crippen LogP contribution in [0.1, 0.15) is 37.6 Å².